The Labute approximate surface area is 101 Å². The molecule has 0 aliphatic rings. The van der Waals surface area contributed by atoms with Crippen LogP contribution < -0.4 is 0 Å². The van der Waals surface area contributed by atoms with Gasteiger partial charge in [-0.05, 0) is 12.1 Å². The highest BCUT2D eigenvalue weighted by molar-refractivity contribution is 7.19. The van der Waals surface area contributed by atoms with Gasteiger partial charge in [-0.15, -0.1) is 10.2 Å². The summed E-state index contributed by atoms with van der Waals surface area (Å²) in [6.07, 6.45) is 3.52. The number of methoxy groups -OCH3 is 1. The molecule has 0 saturated heterocycles. The van der Waals surface area contributed by atoms with Gasteiger partial charge in [-0.3, -0.25) is 4.98 Å². The Morgan fingerprint density at radius 1 is 1.41 bits per heavy atom. The summed E-state index contributed by atoms with van der Waals surface area (Å²) in [5.74, 6) is 0.703. The Morgan fingerprint density at radius 3 is 3.12 bits per heavy atom. The lowest BCUT2D eigenvalue weighted by Crippen LogP contribution is -1.97. The fourth-order valence-corrected chi connectivity index (χ4v) is 2.33. The highest BCUT2D eigenvalue weighted by Crippen LogP contribution is 2.24. The fourth-order valence-electron chi connectivity index (χ4n) is 1.48. The molecule has 3 aromatic heterocycles. The van der Waals surface area contributed by atoms with Crippen molar-refractivity contribution in [1.29, 1.82) is 0 Å². The minimum absolute atomic E-state index is 0.400. The first kappa shape index (κ1) is 10.3. The maximum absolute atomic E-state index is 5.04. The van der Waals surface area contributed by atoms with Gasteiger partial charge in [-0.1, -0.05) is 11.3 Å². The number of pyridine rings is 1. The van der Waals surface area contributed by atoms with E-state index in [1.165, 1.54) is 11.3 Å². The molecule has 0 amide bonds. The molecule has 86 valence electrons. The number of rotatable bonds is 3. The van der Waals surface area contributed by atoms with Crippen molar-refractivity contribution in [3.8, 4) is 10.6 Å². The van der Waals surface area contributed by atoms with E-state index >= 15 is 0 Å². The lowest BCUT2D eigenvalue weighted by molar-refractivity contribution is 0.176. The van der Waals surface area contributed by atoms with E-state index in [4.69, 9.17) is 4.74 Å². The van der Waals surface area contributed by atoms with Crippen LogP contribution in [0.2, 0.25) is 0 Å². The van der Waals surface area contributed by atoms with Crippen LogP contribution in [0.1, 0.15) is 5.82 Å². The van der Waals surface area contributed by atoms with Crippen molar-refractivity contribution in [2.24, 2.45) is 0 Å². The topological polar surface area (TPSA) is 65.2 Å². The van der Waals surface area contributed by atoms with Gasteiger partial charge in [0, 0.05) is 25.1 Å². The maximum atomic E-state index is 5.04. The number of fused-ring (bicyclic) bond motifs is 1. The van der Waals surface area contributed by atoms with Gasteiger partial charge >= 0.3 is 0 Å². The average Bonchev–Trinajstić information content (AvgIpc) is 2.93. The van der Waals surface area contributed by atoms with Gasteiger partial charge in [0.1, 0.15) is 11.6 Å². The average molecular weight is 247 g/mol. The van der Waals surface area contributed by atoms with Gasteiger partial charge in [0.25, 0.3) is 0 Å². The van der Waals surface area contributed by atoms with E-state index in [1.807, 2.05) is 12.1 Å². The van der Waals surface area contributed by atoms with Gasteiger partial charge in [-0.2, -0.15) is 9.61 Å². The van der Waals surface area contributed by atoms with Gasteiger partial charge in [0.15, 0.2) is 5.82 Å². The first-order valence-corrected chi connectivity index (χ1v) is 5.80. The summed E-state index contributed by atoms with van der Waals surface area (Å²) in [7, 11) is 1.62. The normalized spacial score (nSPS) is 11.1. The molecule has 3 rings (SSSR count). The quantitative estimate of drug-likeness (QED) is 0.699. The van der Waals surface area contributed by atoms with Crippen LogP contribution in [0.5, 0.6) is 0 Å². The van der Waals surface area contributed by atoms with Crippen LogP contribution in [-0.2, 0) is 11.3 Å². The van der Waals surface area contributed by atoms with E-state index in [-0.39, 0.29) is 0 Å². The van der Waals surface area contributed by atoms with Gasteiger partial charge in [0.05, 0.1) is 0 Å². The second-order valence-electron chi connectivity index (χ2n) is 3.39. The summed E-state index contributed by atoms with van der Waals surface area (Å²) in [4.78, 5) is 4.83. The largest absolute Gasteiger partial charge is 0.377 e. The Kier molecular flexibility index (Phi) is 2.54. The van der Waals surface area contributed by atoms with E-state index in [0.717, 1.165) is 15.5 Å². The highest BCUT2D eigenvalue weighted by atomic mass is 32.1. The molecule has 7 heteroatoms. The van der Waals surface area contributed by atoms with Crippen molar-refractivity contribution in [2.75, 3.05) is 7.11 Å². The summed E-state index contributed by atoms with van der Waals surface area (Å²) in [6, 6.07) is 3.85. The molecule has 0 unspecified atom stereocenters. The van der Waals surface area contributed by atoms with Crippen molar-refractivity contribution < 1.29 is 4.74 Å². The molecule has 0 N–H and O–H groups in total. The van der Waals surface area contributed by atoms with E-state index in [9.17, 15) is 0 Å². The van der Waals surface area contributed by atoms with E-state index in [1.54, 1.807) is 24.0 Å². The third kappa shape index (κ3) is 1.79. The molecule has 0 aliphatic carbocycles. The monoisotopic (exact) mass is 247 g/mol. The standard InChI is InChI=1S/C10H9N5OS/c1-16-6-8-12-13-10-15(8)14-9(17-10)7-3-2-4-11-5-7/h2-5H,6H2,1H3. The number of hydrogen-bond acceptors (Lipinski definition) is 6. The smallest absolute Gasteiger partial charge is 0.235 e. The number of nitrogens with zero attached hydrogens (tertiary/aromatic N) is 5. The second kappa shape index (κ2) is 4.19. The third-order valence-electron chi connectivity index (χ3n) is 2.24. The number of ether oxygens (including phenoxy) is 1. The van der Waals surface area contributed by atoms with Gasteiger partial charge in [-0.25, -0.2) is 0 Å². The second-order valence-corrected chi connectivity index (χ2v) is 4.35. The molecule has 0 bridgehead atoms. The molecule has 17 heavy (non-hydrogen) atoms. The Bertz CT molecular complexity index is 632. The van der Waals surface area contributed by atoms with Crippen LogP contribution in [0.15, 0.2) is 24.5 Å². The molecule has 0 spiro atoms. The van der Waals surface area contributed by atoms with E-state index < -0.39 is 0 Å². The Balaban J connectivity index is 2.08. The van der Waals surface area contributed by atoms with Crippen LogP contribution in [0, 0.1) is 0 Å². The predicted octanol–water partition coefficient (Wildman–Crippen LogP) is 1.39. The van der Waals surface area contributed by atoms with Gasteiger partial charge in [0.2, 0.25) is 4.96 Å². The van der Waals surface area contributed by atoms with Crippen LogP contribution in [-0.4, -0.2) is 31.9 Å². The molecule has 0 radical (unpaired) electrons. The predicted molar refractivity (Wildman–Crippen MR) is 62.6 cm³/mol. The molecule has 0 aromatic carbocycles. The van der Waals surface area contributed by atoms with Crippen molar-refractivity contribution in [1.82, 2.24) is 24.8 Å². The molecular weight excluding hydrogens is 238 g/mol. The molecule has 0 atom stereocenters. The minimum atomic E-state index is 0.400. The summed E-state index contributed by atoms with van der Waals surface area (Å²) >= 11 is 1.48. The summed E-state index contributed by atoms with van der Waals surface area (Å²) in [6.45, 7) is 0.400. The van der Waals surface area contributed by atoms with Crippen LogP contribution in [0.3, 0.4) is 0 Å². The molecule has 6 nitrogen and oxygen atoms in total. The molecule has 0 fully saturated rings. The highest BCUT2D eigenvalue weighted by Gasteiger charge is 2.12. The van der Waals surface area contributed by atoms with Crippen molar-refractivity contribution in [3.05, 3.63) is 30.4 Å². The Morgan fingerprint density at radius 2 is 2.35 bits per heavy atom. The van der Waals surface area contributed by atoms with E-state index in [2.05, 4.69) is 20.3 Å². The molecule has 0 aliphatic heterocycles. The lowest BCUT2D eigenvalue weighted by Gasteiger charge is -1.94. The maximum Gasteiger partial charge on any atom is 0.235 e. The zero-order chi connectivity index (χ0) is 11.7. The van der Waals surface area contributed by atoms with Crippen molar-refractivity contribution in [3.63, 3.8) is 0 Å². The van der Waals surface area contributed by atoms with Crippen molar-refractivity contribution >= 4 is 16.3 Å². The molecule has 0 saturated carbocycles. The van der Waals surface area contributed by atoms with Crippen LogP contribution in [0.25, 0.3) is 15.5 Å². The summed E-state index contributed by atoms with van der Waals surface area (Å²) in [5, 5.41) is 13.4. The van der Waals surface area contributed by atoms with Gasteiger partial charge < -0.3 is 4.74 Å². The zero-order valence-electron chi connectivity index (χ0n) is 9.07. The first-order valence-electron chi connectivity index (χ1n) is 4.99. The van der Waals surface area contributed by atoms with E-state index in [0.29, 0.717) is 12.4 Å². The first-order chi connectivity index (χ1) is 8.38. The zero-order valence-corrected chi connectivity index (χ0v) is 9.89. The third-order valence-corrected chi connectivity index (χ3v) is 3.19. The Hall–Kier alpha value is -1.86. The lowest BCUT2D eigenvalue weighted by atomic mass is 10.3. The van der Waals surface area contributed by atoms with Crippen molar-refractivity contribution in [2.45, 2.75) is 6.61 Å². The summed E-state index contributed by atoms with van der Waals surface area (Å²) < 4.78 is 6.74. The molecular formula is C10H9N5OS. The van der Waals surface area contributed by atoms with Crippen LogP contribution >= 0.6 is 11.3 Å². The minimum Gasteiger partial charge on any atom is -0.377 e. The number of hydrogen-bond donors (Lipinski definition) is 0. The SMILES string of the molecule is COCc1nnc2sc(-c3cccnc3)nn12. The van der Waals surface area contributed by atoms with Crippen LogP contribution in [0.4, 0.5) is 0 Å². The number of aromatic nitrogens is 5. The summed E-state index contributed by atoms with van der Waals surface area (Å²) in [5.41, 5.74) is 0.978. The fraction of sp³-hybridized carbons (Fsp3) is 0.200. The molecule has 3 heterocycles. The molecule has 3 aromatic rings.